The van der Waals surface area contributed by atoms with Gasteiger partial charge in [0.05, 0.1) is 39.0 Å². The molecule has 0 N–H and O–H groups in total. The molecule has 0 bridgehead atoms. The summed E-state index contributed by atoms with van der Waals surface area (Å²) in [7, 11) is 0. The number of benzene rings is 8. The van der Waals surface area contributed by atoms with E-state index in [9.17, 15) is 0 Å². The number of para-hydroxylation sites is 3. The molecule has 0 fully saturated rings. The van der Waals surface area contributed by atoms with E-state index >= 15 is 0 Å². The first kappa shape index (κ1) is 27.2. The van der Waals surface area contributed by atoms with Crippen LogP contribution in [-0.2, 0) is 0 Å². The fraction of sp³-hybridized carbons (Fsp3) is 0. The lowest BCUT2D eigenvalue weighted by Gasteiger charge is -2.13. The van der Waals surface area contributed by atoms with Crippen LogP contribution in [0.5, 0.6) is 0 Å². The Hall–Kier alpha value is -6.78. The number of rotatable bonds is 3. The highest BCUT2D eigenvalue weighted by Crippen LogP contribution is 2.42. The molecule has 4 nitrogen and oxygen atoms in total. The molecular formula is C46H28N4. The van der Waals surface area contributed by atoms with Crippen molar-refractivity contribution in [3.63, 3.8) is 0 Å². The van der Waals surface area contributed by atoms with Crippen LogP contribution in [0.15, 0.2) is 170 Å². The van der Waals surface area contributed by atoms with Gasteiger partial charge in [-0.1, -0.05) is 133 Å². The Kier molecular flexibility index (Phi) is 5.63. The molecule has 0 aliphatic heterocycles. The van der Waals surface area contributed by atoms with E-state index in [-0.39, 0.29) is 0 Å². The first-order chi connectivity index (χ1) is 24.8. The van der Waals surface area contributed by atoms with E-state index in [1.54, 1.807) is 0 Å². The molecule has 0 atom stereocenters. The summed E-state index contributed by atoms with van der Waals surface area (Å²) >= 11 is 0. The van der Waals surface area contributed by atoms with E-state index in [1.165, 1.54) is 54.1 Å². The minimum absolute atomic E-state index is 0.654. The zero-order chi connectivity index (χ0) is 32.8. The fourth-order valence-corrected chi connectivity index (χ4v) is 8.20. The summed E-state index contributed by atoms with van der Waals surface area (Å²) in [4.78, 5) is 10.8. The van der Waals surface area contributed by atoms with Crippen molar-refractivity contribution >= 4 is 76.1 Å². The van der Waals surface area contributed by atoms with Crippen LogP contribution in [0.2, 0.25) is 0 Å². The molecule has 0 aliphatic rings. The number of fused-ring (bicyclic) bond motifs is 10. The van der Waals surface area contributed by atoms with Crippen LogP contribution in [0.4, 0.5) is 0 Å². The highest BCUT2D eigenvalue weighted by atomic mass is 15.2. The third kappa shape index (κ3) is 3.76. The molecule has 0 radical (unpaired) electrons. The number of hydrogen-bond donors (Lipinski definition) is 0. The average Bonchev–Trinajstić information content (AvgIpc) is 3.71. The highest BCUT2D eigenvalue weighted by molar-refractivity contribution is 6.24. The molecule has 0 aliphatic carbocycles. The lowest BCUT2D eigenvalue weighted by Crippen LogP contribution is -2.04. The molecule has 3 aromatic heterocycles. The first-order valence-corrected chi connectivity index (χ1v) is 17.0. The molecule has 232 valence electrons. The lowest BCUT2D eigenvalue weighted by atomic mass is 9.99. The van der Waals surface area contributed by atoms with Gasteiger partial charge in [0, 0.05) is 32.5 Å². The quantitative estimate of drug-likeness (QED) is 0.193. The molecule has 0 saturated heterocycles. The van der Waals surface area contributed by atoms with Crippen molar-refractivity contribution < 1.29 is 0 Å². The van der Waals surface area contributed by atoms with Crippen LogP contribution in [-0.4, -0.2) is 19.1 Å². The van der Waals surface area contributed by atoms with Gasteiger partial charge >= 0.3 is 0 Å². The third-order valence-corrected chi connectivity index (χ3v) is 10.3. The Morgan fingerprint density at radius 1 is 0.340 bits per heavy atom. The van der Waals surface area contributed by atoms with E-state index in [0.717, 1.165) is 38.9 Å². The average molecular weight is 637 g/mol. The van der Waals surface area contributed by atoms with E-state index in [4.69, 9.17) is 9.97 Å². The van der Waals surface area contributed by atoms with Gasteiger partial charge in [0.25, 0.3) is 0 Å². The molecule has 50 heavy (non-hydrogen) atoms. The van der Waals surface area contributed by atoms with Crippen molar-refractivity contribution in [2.75, 3.05) is 0 Å². The van der Waals surface area contributed by atoms with Gasteiger partial charge in [0.1, 0.15) is 0 Å². The van der Waals surface area contributed by atoms with E-state index in [1.807, 2.05) is 0 Å². The van der Waals surface area contributed by atoms with Crippen LogP contribution < -0.4 is 0 Å². The Balaban J connectivity index is 1.31. The SMILES string of the molecule is c1ccc2c(-c3nc(-n4c5cccc(-n6c7ccccc7c7ccccc76)c5c5c6ccccc6ccc54)nc4ccccc34)cccc2c1. The predicted octanol–water partition coefficient (Wildman–Crippen LogP) is 11.8. The maximum Gasteiger partial charge on any atom is 0.235 e. The van der Waals surface area contributed by atoms with Crippen LogP contribution in [0.3, 0.4) is 0 Å². The third-order valence-electron chi connectivity index (χ3n) is 10.3. The standard InChI is InChI=1S/C46H28N4/c1-3-16-31-29(13-1)15-11-21-35(31)45-36-20-5-8-22-37(36)47-46(48-45)50-41-26-12-25-40(44(41)43-32-17-4-2-14-30(32)27-28-42(43)50)49-38-23-9-6-18-33(38)34-19-7-10-24-39(34)49/h1-28H. The van der Waals surface area contributed by atoms with Crippen molar-refractivity contribution in [1.29, 1.82) is 0 Å². The number of nitrogens with zero attached hydrogens (tertiary/aromatic N) is 4. The van der Waals surface area contributed by atoms with Gasteiger partial charge in [0.15, 0.2) is 0 Å². The Morgan fingerprint density at radius 2 is 0.900 bits per heavy atom. The van der Waals surface area contributed by atoms with Gasteiger partial charge in [-0.2, -0.15) is 0 Å². The second-order valence-corrected chi connectivity index (χ2v) is 13.0. The zero-order valence-corrected chi connectivity index (χ0v) is 27.0. The van der Waals surface area contributed by atoms with Gasteiger partial charge in [-0.3, -0.25) is 4.57 Å². The normalized spacial score (nSPS) is 12.0. The van der Waals surface area contributed by atoms with Gasteiger partial charge in [-0.15, -0.1) is 0 Å². The van der Waals surface area contributed by atoms with Gasteiger partial charge in [0.2, 0.25) is 5.95 Å². The van der Waals surface area contributed by atoms with Crippen LogP contribution >= 0.6 is 0 Å². The molecule has 11 aromatic rings. The van der Waals surface area contributed by atoms with Gasteiger partial charge in [-0.25, -0.2) is 9.97 Å². The molecule has 3 heterocycles. The summed E-state index contributed by atoms with van der Waals surface area (Å²) in [5.41, 5.74) is 8.58. The highest BCUT2D eigenvalue weighted by Gasteiger charge is 2.23. The van der Waals surface area contributed by atoms with Crippen molar-refractivity contribution in [2.24, 2.45) is 0 Å². The maximum absolute atomic E-state index is 5.48. The molecule has 11 rings (SSSR count). The van der Waals surface area contributed by atoms with E-state index < -0.39 is 0 Å². The minimum atomic E-state index is 0.654. The number of aromatic nitrogens is 4. The van der Waals surface area contributed by atoms with Crippen molar-refractivity contribution in [1.82, 2.24) is 19.1 Å². The predicted molar refractivity (Wildman–Crippen MR) is 209 cm³/mol. The zero-order valence-electron chi connectivity index (χ0n) is 27.0. The van der Waals surface area contributed by atoms with E-state index in [2.05, 4.69) is 179 Å². The molecule has 4 heteroatoms. The fourth-order valence-electron chi connectivity index (χ4n) is 8.20. The van der Waals surface area contributed by atoms with Crippen molar-refractivity contribution in [2.45, 2.75) is 0 Å². The lowest BCUT2D eigenvalue weighted by molar-refractivity contribution is 1.01. The summed E-state index contributed by atoms with van der Waals surface area (Å²) < 4.78 is 4.71. The topological polar surface area (TPSA) is 35.6 Å². The molecule has 0 amide bonds. The van der Waals surface area contributed by atoms with Crippen molar-refractivity contribution in [3.05, 3.63) is 170 Å². The van der Waals surface area contributed by atoms with Crippen LogP contribution in [0, 0.1) is 0 Å². The summed E-state index contributed by atoms with van der Waals surface area (Å²) in [6, 6.07) is 60.6. The monoisotopic (exact) mass is 636 g/mol. The summed E-state index contributed by atoms with van der Waals surface area (Å²) in [5, 5.41) is 10.7. The smallest absolute Gasteiger partial charge is 0.235 e. The minimum Gasteiger partial charge on any atom is -0.309 e. The molecule has 0 saturated carbocycles. The molecular weight excluding hydrogens is 609 g/mol. The second-order valence-electron chi connectivity index (χ2n) is 13.0. The maximum atomic E-state index is 5.48. The summed E-state index contributed by atoms with van der Waals surface area (Å²) in [6.45, 7) is 0. The molecule has 0 spiro atoms. The van der Waals surface area contributed by atoms with Gasteiger partial charge < -0.3 is 4.57 Å². The second kappa shape index (κ2) is 10.4. The summed E-state index contributed by atoms with van der Waals surface area (Å²) in [5.74, 6) is 0.654. The molecule has 8 aromatic carbocycles. The Morgan fingerprint density at radius 3 is 1.68 bits per heavy atom. The first-order valence-electron chi connectivity index (χ1n) is 17.0. The van der Waals surface area contributed by atoms with Crippen LogP contribution in [0.25, 0.3) is 99.0 Å². The number of hydrogen-bond acceptors (Lipinski definition) is 2. The summed E-state index contributed by atoms with van der Waals surface area (Å²) in [6.07, 6.45) is 0. The Labute approximate surface area is 287 Å². The van der Waals surface area contributed by atoms with E-state index in [0.29, 0.717) is 5.95 Å². The van der Waals surface area contributed by atoms with Crippen molar-refractivity contribution in [3.8, 4) is 22.9 Å². The largest absolute Gasteiger partial charge is 0.309 e. The molecule has 0 unspecified atom stereocenters. The van der Waals surface area contributed by atoms with Gasteiger partial charge in [-0.05, 0) is 57.9 Å². The van der Waals surface area contributed by atoms with Crippen LogP contribution in [0.1, 0.15) is 0 Å². The Bertz CT molecular complexity index is 3110.